The summed E-state index contributed by atoms with van der Waals surface area (Å²) in [6, 6.07) is 1.13. The van der Waals surface area contributed by atoms with E-state index in [0.29, 0.717) is 30.9 Å². The van der Waals surface area contributed by atoms with Gasteiger partial charge in [0.25, 0.3) is 0 Å². The van der Waals surface area contributed by atoms with Gasteiger partial charge < -0.3 is 5.11 Å². The van der Waals surface area contributed by atoms with Crippen LogP contribution >= 0.6 is 0 Å². The SMILES string of the molecule is CC1CCN(S(=O)(=O)c2cc(C(=O)O)cc(F)c2F)CC1. The molecule has 1 aromatic rings. The molecule has 0 aliphatic carbocycles. The summed E-state index contributed by atoms with van der Waals surface area (Å²) < 4.78 is 53.0. The van der Waals surface area contributed by atoms with Crippen LogP contribution in [0, 0.1) is 17.6 Å². The Hall–Kier alpha value is -1.54. The molecule has 0 bridgehead atoms. The van der Waals surface area contributed by atoms with E-state index in [9.17, 15) is 22.0 Å². The molecule has 1 fully saturated rings. The van der Waals surface area contributed by atoms with E-state index in [1.165, 1.54) is 0 Å². The Kier molecular flexibility index (Phi) is 4.29. The summed E-state index contributed by atoms with van der Waals surface area (Å²) in [7, 11) is -4.24. The maximum absolute atomic E-state index is 13.8. The lowest BCUT2D eigenvalue weighted by molar-refractivity contribution is 0.0696. The molecule has 1 aliphatic rings. The van der Waals surface area contributed by atoms with Crippen LogP contribution in [-0.4, -0.2) is 36.9 Å². The average molecular weight is 319 g/mol. The van der Waals surface area contributed by atoms with Gasteiger partial charge in [-0.05, 0) is 30.9 Å². The van der Waals surface area contributed by atoms with Crippen molar-refractivity contribution in [1.29, 1.82) is 0 Å². The smallest absolute Gasteiger partial charge is 0.335 e. The van der Waals surface area contributed by atoms with E-state index in [1.807, 2.05) is 6.92 Å². The lowest BCUT2D eigenvalue weighted by Crippen LogP contribution is -2.38. The number of hydrogen-bond acceptors (Lipinski definition) is 3. The normalized spacial score (nSPS) is 17.9. The van der Waals surface area contributed by atoms with Crippen molar-refractivity contribution in [1.82, 2.24) is 4.31 Å². The van der Waals surface area contributed by atoms with Crippen LogP contribution in [0.5, 0.6) is 0 Å². The molecular formula is C13H15F2NO4S. The summed E-state index contributed by atoms with van der Waals surface area (Å²) in [5.41, 5.74) is -0.599. The Morgan fingerprint density at radius 1 is 1.29 bits per heavy atom. The van der Waals surface area contributed by atoms with E-state index in [4.69, 9.17) is 5.11 Å². The van der Waals surface area contributed by atoms with Gasteiger partial charge in [0.15, 0.2) is 11.6 Å². The van der Waals surface area contributed by atoms with E-state index < -0.39 is 38.1 Å². The summed E-state index contributed by atoms with van der Waals surface area (Å²) in [5, 5.41) is 8.84. The van der Waals surface area contributed by atoms with Gasteiger partial charge in [0, 0.05) is 13.1 Å². The molecule has 1 aliphatic heterocycles. The summed E-state index contributed by atoms with van der Waals surface area (Å²) in [6.45, 7) is 2.40. The second-order valence-corrected chi connectivity index (χ2v) is 7.07. The number of carbonyl (C=O) groups is 1. The Morgan fingerprint density at radius 3 is 2.38 bits per heavy atom. The molecule has 0 atom stereocenters. The lowest BCUT2D eigenvalue weighted by Gasteiger charge is -2.29. The van der Waals surface area contributed by atoms with E-state index in [2.05, 4.69) is 0 Å². The number of aromatic carboxylic acids is 1. The largest absolute Gasteiger partial charge is 0.478 e. The third-order valence-electron chi connectivity index (χ3n) is 3.60. The molecule has 2 rings (SSSR count). The Labute approximate surface area is 121 Å². The van der Waals surface area contributed by atoms with Crippen LogP contribution in [0.4, 0.5) is 8.78 Å². The topological polar surface area (TPSA) is 74.7 Å². The highest BCUT2D eigenvalue weighted by molar-refractivity contribution is 7.89. The molecule has 1 aromatic carbocycles. The van der Waals surface area contributed by atoms with Gasteiger partial charge in [-0.2, -0.15) is 4.31 Å². The Bertz CT molecular complexity index is 667. The van der Waals surface area contributed by atoms with Crippen LogP contribution in [0.25, 0.3) is 0 Å². The van der Waals surface area contributed by atoms with Crippen molar-refractivity contribution < 1.29 is 27.1 Å². The summed E-state index contributed by atoms with van der Waals surface area (Å²) in [5.74, 6) is -4.18. The maximum atomic E-state index is 13.8. The molecule has 0 amide bonds. The van der Waals surface area contributed by atoms with Crippen molar-refractivity contribution in [2.24, 2.45) is 5.92 Å². The monoisotopic (exact) mass is 319 g/mol. The van der Waals surface area contributed by atoms with Gasteiger partial charge in [0.2, 0.25) is 10.0 Å². The molecule has 116 valence electrons. The highest BCUT2D eigenvalue weighted by atomic mass is 32.2. The van der Waals surface area contributed by atoms with Crippen LogP contribution in [-0.2, 0) is 10.0 Å². The molecule has 0 spiro atoms. The molecule has 1 N–H and O–H groups in total. The zero-order valence-electron chi connectivity index (χ0n) is 11.3. The van der Waals surface area contributed by atoms with Gasteiger partial charge in [-0.1, -0.05) is 6.92 Å². The fourth-order valence-electron chi connectivity index (χ4n) is 2.24. The number of piperidine rings is 1. The van der Waals surface area contributed by atoms with E-state index in [-0.39, 0.29) is 13.1 Å². The fourth-order valence-corrected chi connectivity index (χ4v) is 3.81. The molecule has 1 saturated heterocycles. The molecule has 0 radical (unpaired) electrons. The van der Waals surface area contributed by atoms with Gasteiger partial charge in [-0.15, -0.1) is 0 Å². The molecule has 0 unspecified atom stereocenters. The minimum absolute atomic E-state index is 0.210. The summed E-state index contributed by atoms with van der Waals surface area (Å²) in [6.07, 6.45) is 1.25. The van der Waals surface area contributed by atoms with Crippen LogP contribution in [0.2, 0.25) is 0 Å². The first-order valence-corrected chi connectivity index (χ1v) is 7.90. The standard InChI is InChI=1S/C13H15F2NO4S/c1-8-2-4-16(5-3-8)21(19,20)11-7-9(13(17)18)6-10(14)12(11)15/h6-8H,2-5H2,1H3,(H,17,18). The summed E-state index contributed by atoms with van der Waals surface area (Å²) in [4.78, 5) is 9.94. The van der Waals surface area contributed by atoms with Crippen LogP contribution in [0.15, 0.2) is 17.0 Å². The zero-order valence-corrected chi connectivity index (χ0v) is 12.2. The lowest BCUT2D eigenvalue weighted by atomic mass is 10.0. The number of hydrogen-bond donors (Lipinski definition) is 1. The van der Waals surface area contributed by atoms with Crippen molar-refractivity contribution in [3.63, 3.8) is 0 Å². The van der Waals surface area contributed by atoms with Gasteiger partial charge in [0.1, 0.15) is 4.90 Å². The molecule has 8 heteroatoms. The van der Waals surface area contributed by atoms with E-state index >= 15 is 0 Å². The first-order chi connectivity index (χ1) is 9.73. The highest BCUT2D eigenvalue weighted by Crippen LogP contribution is 2.27. The van der Waals surface area contributed by atoms with Crippen LogP contribution < -0.4 is 0 Å². The quantitative estimate of drug-likeness (QED) is 0.925. The second kappa shape index (κ2) is 5.69. The second-order valence-electron chi connectivity index (χ2n) is 5.16. The molecule has 1 heterocycles. The third-order valence-corrected chi connectivity index (χ3v) is 5.50. The van der Waals surface area contributed by atoms with Crippen LogP contribution in [0.1, 0.15) is 30.1 Å². The molecular weight excluding hydrogens is 304 g/mol. The van der Waals surface area contributed by atoms with E-state index in [1.54, 1.807) is 0 Å². The number of benzene rings is 1. The van der Waals surface area contributed by atoms with E-state index in [0.717, 1.165) is 4.31 Å². The third kappa shape index (κ3) is 3.06. The number of halogens is 2. The molecule has 21 heavy (non-hydrogen) atoms. The van der Waals surface area contributed by atoms with Gasteiger partial charge in [0.05, 0.1) is 5.56 Å². The van der Waals surface area contributed by atoms with Crippen molar-refractivity contribution in [2.75, 3.05) is 13.1 Å². The maximum Gasteiger partial charge on any atom is 0.335 e. The molecule has 0 aromatic heterocycles. The minimum atomic E-state index is -4.24. The van der Waals surface area contributed by atoms with Crippen molar-refractivity contribution >= 4 is 16.0 Å². The number of carboxylic acids is 1. The molecule has 0 saturated carbocycles. The molecule has 5 nitrogen and oxygen atoms in total. The van der Waals surface area contributed by atoms with Crippen molar-refractivity contribution in [3.8, 4) is 0 Å². The Balaban J connectivity index is 2.47. The van der Waals surface area contributed by atoms with Gasteiger partial charge in [-0.3, -0.25) is 0 Å². The number of carboxylic acid groups (broad SMARTS) is 1. The van der Waals surface area contributed by atoms with Crippen molar-refractivity contribution in [3.05, 3.63) is 29.3 Å². The average Bonchev–Trinajstić information content (AvgIpc) is 2.41. The summed E-state index contributed by atoms with van der Waals surface area (Å²) >= 11 is 0. The first kappa shape index (κ1) is 15.8. The first-order valence-electron chi connectivity index (χ1n) is 6.46. The highest BCUT2D eigenvalue weighted by Gasteiger charge is 2.32. The minimum Gasteiger partial charge on any atom is -0.478 e. The van der Waals surface area contributed by atoms with Gasteiger partial charge in [-0.25, -0.2) is 22.0 Å². The predicted molar refractivity (Wildman–Crippen MR) is 70.5 cm³/mol. The number of nitrogens with zero attached hydrogens (tertiary/aromatic N) is 1. The zero-order chi connectivity index (χ0) is 15.8. The van der Waals surface area contributed by atoms with Gasteiger partial charge >= 0.3 is 5.97 Å². The Morgan fingerprint density at radius 2 is 1.86 bits per heavy atom. The fraction of sp³-hybridized carbons (Fsp3) is 0.462. The van der Waals surface area contributed by atoms with Crippen LogP contribution in [0.3, 0.4) is 0 Å². The van der Waals surface area contributed by atoms with Crippen molar-refractivity contribution in [2.45, 2.75) is 24.7 Å². The predicted octanol–water partition coefficient (Wildman–Crippen LogP) is 2.08. The number of sulfonamides is 1. The number of rotatable bonds is 3.